The first-order valence-corrected chi connectivity index (χ1v) is 13.2. The maximum absolute atomic E-state index is 12.8. The Kier molecular flexibility index (Phi) is 7.48. The van der Waals surface area contributed by atoms with Gasteiger partial charge in [0.05, 0.1) is 33.0 Å². The molecule has 2 heterocycles. The minimum absolute atomic E-state index is 0.123. The molecule has 13 heteroatoms. The Morgan fingerprint density at radius 3 is 2.49 bits per heavy atom. The Morgan fingerprint density at radius 1 is 1.06 bits per heavy atom. The summed E-state index contributed by atoms with van der Waals surface area (Å²) < 4.78 is 27.3. The van der Waals surface area contributed by atoms with E-state index in [1.807, 2.05) is 0 Å². The van der Waals surface area contributed by atoms with Crippen molar-refractivity contribution in [2.75, 3.05) is 23.4 Å². The number of fused-ring (bicyclic) bond motifs is 1. The molecule has 2 aromatic heterocycles. The van der Waals surface area contributed by atoms with Crippen LogP contribution in [0.4, 0.5) is 17.5 Å². The Bertz CT molecular complexity index is 1500. The monoisotopic (exact) mass is 552 g/mol. The Balaban J connectivity index is 1.69. The number of para-hydroxylation sites is 1. The fourth-order valence-corrected chi connectivity index (χ4v) is 4.44. The molecule has 0 fully saturated rings. The Hall–Kier alpha value is -2.89. The summed E-state index contributed by atoms with van der Waals surface area (Å²) in [6.45, 7) is 0.379. The van der Waals surface area contributed by atoms with Crippen LogP contribution in [-0.4, -0.2) is 41.7 Å². The molecule has 0 bridgehead atoms. The van der Waals surface area contributed by atoms with Gasteiger partial charge >= 0.3 is 0 Å². The maximum atomic E-state index is 12.8. The number of pyridine rings is 1. The highest BCUT2D eigenvalue weighted by atomic mass is 35.5. The number of benzene rings is 2. The van der Waals surface area contributed by atoms with Gasteiger partial charge in [-0.1, -0.05) is 40.9 Å². The van der Waals surface area contributed by atoms with Crippen molar-refractivity contribution < 1.29 is 13.2 Å². The SMILES string of the molecule is CS(=O)(=O)NCCn1c(Nc2c(Cl)cccc2Cl)nc2cc(C(=O)Nc3cc(Cl)ccn3)ccc21. The van der Waals surface area contributed by atoms with Crippen molar-refractivity contribution in [3.8, 4) is 0 Å². The molecule has 0 aliphatic rings. The van der Waals surface area contributed by atoms with Crippen molar-refractivity contribution in [2.24, 2.45) is 0 Å². The second-order valence-electron chi connectivity index (χ2n) is 7.49. The van der Waals surface area contributed by atoms with Crippen LogP contribution in [0.15, 0.2) is 54.7 Å². The summed E-state index contributed by atoms with van der Waals surface area (Å²) in [6.07, 6.45) is 2.58. The molecule has 2 aromatic carbocycles. The zero-order valence-electron chi connectivity index (χ0n) is 18.2. The molecule has 0 atom stereocenters. The largest absolute Gasteiger partial charge is 0.323 e. The van der Waals surface area contributed by atoms with E-state index in [9.17, 15) is 13.2 Å². The number of aromatic nitrogens is 3. The first-order chi connectivity index (χ1) is 16.6. The van der Waals surface area contributed by atoms with Crippen molar-refractivity contribution in [1.29, 1.82) is 0 Å². The molecule has 4 rings (SSSR count). The zero-order chi connectivity index (χ0) is 25.2. The van der Waals surface area contributed by atoms with E-state index in [4.69, 9.17) is 34.8 Å². The Labute approximate surface area is 216 Å². The standard InChI is InChI=1S/C22H19Cl3N6O3S/c1-35(33,34)27-9-10-31-18-6-5-13(21(32)29-19-12-14(23)7-8-26-19)11-17(18)28-22(31)30-20-15(24)3-2-4-16(20)25/h2-8,11-12,27H,9-10H2,1H3,(H,28,30)(H,26,29,32). The van der Waals surface area contributed by atoms with E-state index in [-0.39, 0.29) is 13.1 Å². The van der Waals surface area contributed by atoms with Crippen LogP contribution < -0.4 is 15.4 Å². The molecular formula is C22H19Cl3N6O3S. The third-order valence-corrected chi connectivity index (χ3v) is 6.47. The number of carbonyl (C=O) groups excluding carboxylic acids is 1. The summed E-state index contributed by atoms with van der Waals surface area (Å²) in [7, 11) is -3.38. The van der Waals surface area contributed by atoms with Crippen molar-refractivity contribution in [3.63, 3.8) is 0 Å². The van der Waals surface area contributed by atoms with E-state index < -0.39 is 15.9 Å². The van der Waals surface area contributed by atoms with Gasteiger partial charge in [0.25, 0.3) is 5.91 Å². The highest BCUT2D eigenvalue weighted by Gasteiger charge is 2.17. The van der Waals surface area contributed by atoms with Gasteiger partial charge in [0.2, 0.25) is 16.0 Å². The van der Waals surface area contributed by atoms with E-state index in [0.29, 0.717) is 49.1 Å². The van der Waals surface area contributed by atoms with Gasteiger partial charge in [-0.25, -0.2) is 23.1 Å². The summed E-state index contributed by atoms with van der Waals surface area (Å²) in [5.74, 6) is 0.300. The number of anilines is 3. The first-order valence-electron chi connectivity index (χ1n) is 10.2. The topological polar surface area (TPSA) is 118 Å². The number of hydrogen-bond acceptors (Lipinski definition) is 6. The zero-order valence-corrected chi connectivity index (χ0v) is 21.3. The van der Waals surface area contributed by atoms with Gasteiger partial charge in [0, 0.05) is 29.9 Å². The van der Waals surface area contributed by atoms with Crippen molar-refractivity contribution >= 4 is 79.2 Å². The number of amides is 1. The highest BCUT2D eigenvalue weighted by Crippen LogP contribution is 2.33. The number of halogens is 3. The molecule has 0 saturated carbocycles. The second-order valence-corrected chi connectivity index (χ2v) is 10.6. The number of sulfonamides is 1. The molecule has 182 valence electrons. The summed E-state index contributed by atoms with van der Waals surface area (Å²) in [6, 6.07) is 13.2. The van der Waals surface area contributed by atoms with E-state index >= 15 is 0 Å². The van der Waals surface area contributed by atoms with Gasteiger partial charge in [0.1, 0.15) is 5.82 Å². The van der Waals surface area contributed by atoms with Gasteiger partial charge in [-0.3, -0.25) is 4.79 Å². The van der Waals surface area contributed by atoms with Gasteiger partial charge in [-0.2, -0.15) is 0 Å². The van der Waals surface area contributed by atoms with Gasteiger partial charge in [-0.15, -0.1) is 0 Å². The van der Waals surface area contributed by atoms with Crippen LogP contribution in [0.1, 0.15) is 10.4 Å². The predicted molar refractivity (Wildman–Crippen MR) is 140 cm³/mol. The van der Waals surface area contributed by atoms with E-state index in [1.165, 1.54) is 12.3 Å². The smallest absolute Gasteiger partial charge is 0.256 e. The molecule has 1 amide bonds. The molecule has 0 aliphatic heterocycles. The quantitative estimate of drug-likeness (QED) is 0.285. The van der Waals surface area contributed by atoms with Crippen LogP contribution in [0.25, 0.3) is 11.0 Å². The Morgan fingerprint density at radius 2 is 1.80 bits per heavy atom. The number of nitrogens with zero attached hydrogens (tertiary/aromatic N) is 3. The third-order valence-electron chi connectivity index (χ3n) is 4.87. The lowest BCUT2D eigenvalue weighted by Crippen LogP contribution is -2.26. The normalized spacial score (nSPS) is 11.5. The van der Waals surface area contributed by atoms with E-state index in [2.05, 4.69) is 25.3 Å². The summed E-state index contributed by atoms with van der Waals surface area (Å²) in [4.78, 5) is 21.5. The lowest BCUT2D eigenvalue weighted by Gasteiger charge is -2.13. The molecule has 4 aromatic rings. The number of nitrogens with one attached hydrogen (secondary N) is 3. The molecule has 0 aliphatic carbocycles. The molecule has 0 spiro atoms. The molecule has 0 saturated heterocycles. The fourth-order valence-electron chi connectivity index (χ4n) is 3.33. The molecule has 0 radical (unpaired) electrons. The second kappa shape index (κ2) is 10.4. The van der Waals surface area contributed by atoms with E-state index in [1.54, 1.807) is 47.0 Å². The van der Waals surface area contributed by atoms with Crippen LogP contribution >= 0.6 is 34.8 Å². The molecule has 0 unspecified atom stereocenters. The molecule has 9 nitrogen and oxygen atoms in total. The average Bonchev–Trinajstić information content (AvgIpc) is 3.12. The number of hydrogen-bond donors (Lipinski definition) is 3. The third kappa shape index (κ3) is 6.22. The summed E-state index contributed by atoms with van der Waals surface area (Å²) in [5, 5.41) is 7.04. The number of imidazole rings is 1. The van der Waals surface area contributed by atoms with Gasteiger partial charge in [0.15, 0.2) is 0 Å². The van der Waals surface area contributed by atoms with Crippen LogP contribution in [-0.2, 0) is 16.6 Å². The minimum Gasteiger partial charge on any atom is -0.323 e. The molecule has 35 heavy (non-hydrogen) atoms. The van der Waals surface area contributed by atoms with Crippen LogP contribution in [0.2, 0.25) is 15.1 Å². The fraction of sp³-hybridized carbons (Fsp3) is 0.136. The van der Waals surface area contributed by atoms with Gasteiger partial charge in [-0.05, 0) is 42.5 Å². The van der Waals surface area contributed by atoms with Gasteiger partial charge < -0.3 is 15.2 Å². The summed E-state index contributed by atoms with van der Waals surface area (Å²) in [5.41, 5.74) is 1.97. The van der Waals surface area contributed by atoms with Crippen LogP contribution in [0.3, 0.4) is 0 Å². The summed E-state index contributed by atoms with van der Waals surface area (Å²) >= 11 is 18.6. The lowest BCUT2D eigenvalue weighted by molar-refractivity contribution is 0.102. The van der Waals surface area contributed by atoms with Crippen molar-refractivity contribution in [1.82, 2.24) is 19.3 Å². The number of carbonyl (C=O) groups is 1. The maximum Gasteiger partial charge on any atom is 0.256 e. The van der Waals surface area contributed by atoms with E-state index in [0.717, 1.165) is 6.26 Å². The first kappa shape index (κ1) is 25.2. The minimum atomic E-state index is -3.38. The van der Waals surface area contributed by atoms with Crippen molar-refractivity contribution in [2.45, 2.75) is 6.54 Å². The average molecular weight is 554 g/mol. The van der Waals surface area contributed by atoms with Crippen LogP contribution in [0, 0.1) is 0 Å². The lowest BCUT2D eigenvalue weighted by atomic mass is 10.2. The van der Waals surface area contributed by atoms with Crippen LogP contribution in [0.5, 0.6) is 0 Å². The predicted octanol–water partition coefficient (Wildman–Crippen LogP) is 4.94. The van der Waals surface area contributed by atoms with Crippen molar-refractivity contribution in [3.05, 3.63) is 75.4 Å². The molecule has 3 N–H and O–H groups in total. The number of rotatable bonds is 8. The highest BCUT2D eigenvalue weighted by molar-refractivity contribution is 7.88. The molecular weight excluding hydrogens is 535 g/mol.